The molecule has 0 amide bonds. The van der Waals surface area contributed by atoms with Crippen LogP contribution >= 0.6 is 0 Å². The minimum atomic E-state index is -0.154. The van der Waals surface area contributed by atoms with Crippen LogP contribution in [0.2, 0.25) is 0 Å². The second kappa shape index (κ2) is 8.26. The van der Waals surface area contributed by atoms with E-state index < -0.39 is 0 Å². The maximum absolute atomic E-state index is 12.3. The van der Waals surface area contributed by atoms with Crippen LogP contribution in [-0.2, 0) is 9.53 Å². The molecule has 0 saturated heterocycles. The molecule has 2 aromatic carbocycles. The van der Waals surface area contributed by atoms with Crippen molar-refractivity contribution in [3.05, 3.63) is 59.7 Å². The summed E-state index contributed by atoms with van der Waals surface area (Å²) in [5.74, 6) is 0.907. The van der Waals surface area contributed by atoms with Gasteiger partial charge in [0, 0.05) is 0 Å². The fourth-order valence-electron chi connectivity index (χ4n) is 3.67. The molecule has 1 fully saturated rings. The number of aromatic hydroxyl groups is 2. The van der Waals surface area contributed by atoms with Crippen LogP contribution in [0.4, 0.5) is 0 Å². The second-order valence-corrected chi connectivity index (χ2v) is 7.25. The minimum absolute atomic E-state index is 0.00267. The molecule has 1 atom stereocenters. The molecule has 1 aliphatic rings. The number of ether oxygens (including phenoxy) is 1. The van der Waals surface area contributed by atoms with E-state index in [2.05, 4.69) is 0 Å². The lowest BCUT2D eigenvalue weighted by atomic mass is 9.82. The summed E-state index contributed by atoms with van der Waals surface area (Å²) in [7, 11) is 0. The Kier molecular flexibility index (Phi) is 5.82. The Morgan fingerprint density at radius 1 is 0.962 bits per heavy atom. The molecule has 0 bridgehead atoms. The van der Waals surface area contributed by atoms with E-state index in [-0.39, 0.29) is 23.7 Å². The minimum Gasteiger partial charge on any atom is -0.508 e. The Bertz CT molecular complexity index is 713. The fourth-order valence-corrected chi connectivity index (χ4v) is 3.67. The van der Waals surface area contributed by atoms with Crippen molar-refractivity contribution in [3.8, 4) is 11.5 Å². The van der Waals surface area contributed by atoms with Gasteiger partial charge in [0.15, 0.2) is 0 Å². The largest absolute Gasteiger partial charge is 0.508 e. The monoisotopic (exact) mass is 354 g/mol. The molecule has 4 heteroatoms. The van der Waals surface area contributed by atoms with E-state index in [0.29, 0.717) is 18.1 Å². The third kappa shape index (κ3) is 4.78. The molecular formula is C22H26O4. The zero-order chi connectivity index (χ0) is 18.5. The van der Waals surface area contributed by atoms with Gasteiger partial charge < -0.3 is 14.9 Å². The van der Waals surface area contributed by atoms with E-state index in [1.165, 1.54) is 5.56 Å². The molecule has 3 rings (SSSR count). The fraction of sp³-hybridized carbons (Fsp3) is 0.409. The van der Waals surface area contributed by atoms with Crippen molar-refractivity contribution in [2.75, 3.05) is 0 Å². The van der Waals surface area contributed by atoms with Gasteiger partial charge in [-0.25, -0.2) is 0 Å². The Morgan fingerprint density at radius 2 is 1.50 bits per heavy atom. The highest BCUT2D eigenvalue weighted by molar-refractivity contribution is 5.70. The number of phenolic OH excluding ortho intramolecular Hbond substituents is 2. The van der Waals surface area contributed by atoms with E-state index in [4.69, 9.17) is 4.74 Å². The summed E-state index contributed by atoms with van der Waals surface area (Å²) in [6, 6.07) is 14.4. The van der Waals surface area contributed by atoms with Crippen LogP contribution in [0, 0.1) is 0 Å². The summed E-state index contributed by atoms with van der Waals surface area (Å²) in [5, 5.41) is 18.7. The highest BCUT2D eigenvalue weighted by Gasteiger charge is 2.25. The summed E-state index contributed by atoms with van der Waals surface area (Å²) in [6.07, 6.45) is 4.10. The Labute approximate surface area is 154 Å². The zero-order valence-electron chi connectivity index (χ0n) is 15.1. The first-order valence-electron chi connectivity index (χ1n) is 9.28. The average Bonchev–Trinajstić information content (AvgIpc) is 2.63. The van der Waals surface area contributed by atoms with E-state index in [0.717, 1.165) is 31.2 Å². The molecule has 4 nitrogen and oxygen atoms in total. The summed E-state index contributed by atoms with van der Waals surface area (Å²) in [6.45, 7) is 2.00. The van der Waals surface area contributed by atoms with Crippen molar-refractivity contribution in [2.45, 2.75) is 57.0 Å². The highest BCUT2D eigenvalue weighted by atomic mass is 16.5. The van der Waals surface area contributed by atoms with Crippen LogP contribution in [0.25, 0.3) is 0 Å². The maximum atomic E-state index is 12.3. The number of rotatable bonds is 5. The highest BCUT2D eigenvalue weighted by Crippen LogP contribution is 2.35. The SMILES string of the molecule is CC(CC(=O)OC1CCC(c2ccc(O)cc2)CC1)c1ccc(O)cc1. The Balaban J connectivity index is 1.45. The van der Waals surface area contributed by atoms with Crippen molar-refractivity contribution in [1.82, 2.24) is 0 Å². The number of hydrogen-bond acceptors (Lipinski definition) is 4. The molecule has 1 unspecified atom stereocenters. The van der Waals surface area contributed by atoms with Gasteiger partial charge in [0.1, 0.15) is 17.6 Å². The first kappa shape index (κ1) is 18.3. The van der Waals surface area contributed by atoms with Gasteiger partial charge in [0.25, 0.3) is 0 Å². The summed E-state index contributed by atoms with van der Waals surface area (Å²) in [5.41, 5.74) is 2.27. The smallest absolute Gasteiger partial charge is 0.306 e. The standard InChI is InChI=1S/C22H26O4/c1-15(16-2-8-19(23)9-3-16)14-22(25)26-21-12-6-18(7-13-21)17-4-10-20(24)11-5-17/h2-5,8-11,15,18,21,23-24H,6-7,12-14H2,1H3. The van der Waals surface area contributed by atoms with Gasteiger partial charge in [-0.15, -0.1) is 0 Å². The topological polar surface area (TPSA) is 66.8 Å². The van der Waals surface area contributed by atoms with Crippen molar-refractivity contribution < 1.29 is 19.7 Å². The van der Waals surface area contributed by atoms with E-state index in [9.17, 15) is 15.0 Å². The third-order valence-electron chi connectivity index (χ3n) is 5.27. The predicted octanol–water partition coefficient (Wildman–Crippen LogP) is 4.86. The predicted molar refractivity (Wildman–Crippen MR) is 100 cm³/mol. The van der Waals surface area contributed by atoms with E-state index >= 15 is 0 Å². The van der Waals surface area contributed by atoms with Gasteiger partial charge in [0.05, 0.1) is 6.42 Å². The number of hydrogen-bond donors (Lipinski definition) is 2. The maximum Gasteiger partial charge on any atom is 0.306 e. The number of phenols is 2. The van der Waals surface area contributed by atoms with Gasteiger partial charge in [0.2, 0.25) is 0 Å². The lowest BCUT2D eigenvalue weighted by molar-refractivity contribution is -0.151. The summed E-state index contributed by atoms with van der Waals surface area (Å²) < 4.78 is 5.68. The molecule has 0 spiro atoms. The first-order valence-corrected chi connectivity index (χ1v) is 9.28. The molecule has 0 aromatic heterocycles. The van der Waals surface area contributed by atoms with E-state index in [1.54, 1.807) is 24.3 Å². The zero-order valence-corrected chi connectivity index (χ0v) is 15.1. The van der Waals surface area contributed by atoms with Crippen molar-refractivity contribution in [2.24, 2.45) is 0 Å². The van der Waals surface area contributed by atoms with Crippen LogP contribution in [0.15, 0.2) is 48.5 Å². The molecule has 0 heterocycles. The summed E-state index contributed by atoms with van der Waals surface area (Å²) >= 11 is 0. The Hall–Kier alpha value is -2.49. The summed E-state index contributed by atoms with van der Waals surface area (Å²) in [4.78, 5) is 12.3. The van der Waals surface area contributed by atoms with Gasteiger partial charge in [-0.2, -0.15) is 0 Å². The van der Waals surface area contributed by atoms with Gasteiger partial charge in [-0.3, -0.25) is 4.79 Å². The quantitative estimate of drug-likeness (QED) is 0.753. The molecule has 0 radical (unpaired) electrons. The van der Waals surface area contributed by atoms with Crippen LogP contribution < -0.4 is 0 Å². The third-order valence-corrected chi connectivity index (χ3v) is 5.27. The second-order valence-electron chi connectivity index (χ2n) is 7.25. The van der Waals surface area contributed by atoms with Gasteiger partial charge >= 0.3 is 5.97 Å². The number of esters is 1. The van der Waals surface area contributed by atoms with Crippen molar-refractivity contribution in [3.63, 3.8) is 0 Å². The van der Waals surface area contributed by atoms with Crippen LogP contribution in [0.3, 0.4) is 0 Å². The lowest BCUT2D eigenvalue weighted by Gasteiger charge is -2.29. The Morgan fingerprint density at radius 3 is 2.08 bits per heavy atom. The molecular weight excluding hydrogens is 328 g/mol. The average molecular weight is 354 g/mol. The lowest BCUT2D eigenvalue weighted by Crippen LogP contribution is -2.24. The molecule has 138 valence electrons. The molecule has 2 aromatic rings. The molecule has 1 saturated carbocycles. The first-order chi connectivity index (χ1) is 12.5. The molecule has 0 aliphatic heterocycles. The van der Waals surface area contributed by atoms with Crippen LogP contribution in [-0.4, -0.2) is 22.3 Å². The van der Waals surface area contributed by atoms with Crippen LogP contribution in [0.5, 0.6) is 11.5 Å². The van der Waals surface area contributed by atoms with Gasteiger partial charge in [-0.1, -0.05) is 31.2 Å². The number of carbonyl (C=O) groups excluding carboxylic acids is 1. The van der Waals surface area contributed by atoms with Gasteiger partial charge in [-0.05, 0) is 72.9 Å². The van der Waals surface area contributed by atoms with Crippen LogP contribution in [0.1, 0.15) is 62.0 Å². The normalized spacial score (nSPS) is 21.1. The van der Waals surface area contributed by atoms with Crippen molar-refractivity contribution in [1.29, 1.82) is 0 Å². The molecule has 1 aliphatic carbocycles. The molecule has 26 heavy (non-hydrogen) atoms. The molecule has 2 N–H and O–H groups in total. The van der Waals surface area contributed by atoms with Crippen molar-refractivity contribution >= 4 is 5.97 Å². The number of carbonyl (C=O) groups is 1. The van der Waals surface area contributed by atoms with E-state index in [1.807, 2.05) is 31.2 Å². The number of benzene rings is 2.